The standard InChI is InChI=1S/C8H14O2.C8H16O.C5H8O2S.C5H10O.Li/c9-8(10)6-5-7-3-1-2-4-7;9-7-3-6-8-4-1-2-5-8;6-5(7)4-1-2-8-3-4;6-4-5-2-1-3-5;/h7H,1-6H2,(H,9,10);8-9H,1-7H2;4H,1-3H2,(H,6,7);5-6H,1-4H2;/q;;;;+1/p-1. The molecular formula is C26H47LiO6S. The van der Waals surface area contributed by atoms with Crippen LogP contribution < -0.4 is 24.0 Å². The number of aliphatic carboxylic acids is 2. The van der Waals surface area contributed by atoms with Gasteiger partial charge in [-0.3, -0.25) is 4.79 Å². The molecule has 0 aromatic carbocycles. The summed E-state index contributed by atoms with van der Waals surface area (Å²) in [6.45, 7) is 0.802. The van der Waals surface area contributed by atoms with Crippen LogP contribution in [0.25, 0.3) is 0 Å². The Morgan fingerprint density at radius 3 is 1.62 bits per heavy atom. The summed E-state index contributed by atoms with van der Waals surface area (Å²) in [6.07, 6.45) is 19.0. The normalized spacial score (nSPS) is 22.1. The Morgan fingerprint density at radius 2 is 1.32 bits per heavy atom. The maximum Gasteiger partial charge on any atom is 1.00 e. The Morgan fingerprint density at radius 1 is 0.794 bits per heavy atom. The molecule has 0 amide bonds. The molecule has 3 saturated carbocycles. The molecule has 1 heterocycles. The first-order valence-corrected chi connectivity index (χ1v) is 14.3. The molecule has 3 N–H and O–H groups in total. The fraction of sp³-hybridized carbons (Fsp3) is 0.923. The molecule has 1 atom stereocenters. The molecule has 1 aliphatic heterocycles. The average molecular weight is 495 g/mol. The summed E-state index contributed by atoms with van der Waals surface area (Å²) in [5, 5.41) is 35.4. The van der Waals surface area contributed by atoms with E-state index in [0.29, 0.717) is 25.6 Å². The number of carboxylic acids is 2. The predicted octanol–water partition coefficient (Wildman–Crippen LogP) is 1.26. The Hall–Kier alpha value is -0.193. The van der Waals surface area contributed by atoms with Gasteiger partial charge >= 0.3 is 24.8 Å². The van der Waals surface area contributed by atoms with Gasteiger partial charge in [0.25, 0.3) is 0 Å². The fourth-order valence-corrected chi connectivity index (χ4v) is 5.91. The maximum atomic E-state index is 10.2. The molecule has 1 unspecified atom stereocenters. The smallest absolute Gasteiger partial charge is 0.550 e. The Labute approximate surface area is 223 Å². The number of aliphatic hydroxyl groups excluding tert-OH is 2. The number of carboxylic acid groups (broad SMARTS) is 2. The third-order valence-corrected chi connectivity index (χ3v) is 8.39. The number of hydrogen-bond donors (Lipinski definition) is 3. The molecule has 4 rings (SSSR count). The topological polar surface area (TPSA) is 118 Å². The van der Waals surface area contributed by atoms with Crippen molar-refractivity contribution < 1.29 is 48.9 Å². The monoisotopic (exact) mass is 494 g/mol. The predicted molar refractivity (Wildman–Crippen MR) is 132 cm³/mol. The minimum atomic E-state index is -0.880. The Balaban J connectivity index is 0.000000429. The van der Waals surface area contributed by atoms with Gasteiger partial charge in [0, 0.05) is 37.3 Å². The number of carbonyl (C=O) groups excluding carboxylic acids is 1. The largest absolute Gasteiger partial charge is 1.00 e. The van der Waals surface area contributed by atoms with Crippen molar-refractivity contribution in [2.75, 3.05) is 24.7 Å². The van der Waals surface area contributed by atoms with Gasteiger partial charge in [0.2, 0.25) is 0 Å². The summed E-state index contributed by atoms with van der Waals surface area (Å²) < 4.78 is 0. The number of aliphatic hydroxyl groups is 2. The zero-order chi connectivity index (χ0) is 24.3. The van der Waals surface area contributed by atoms with Crippen molar-refractivity contribution in [3.8, 4) is 0 Å². The van der Waals surface area contributed by atoms with Gasteiger partial charge in [-0.25, -0.2) is 0 Å². The molecule has 4 aliphatic rings. The minimum Gasteiger partial charge on any atom is -0.550 e. The quantitative estimate of drug-likeness (QED) is 0.435. The van der Waals surface area contributed by atoms with E-state index >= 15 is 0 Å². The van der Waals surface area contributed by atoms with E-state index in [4.69, 9.17) is 15.3 Å². The van der Waals surface area contributed by atoms with Crippen LogP contribution in [0.3, 0.4) is 0 Å². The SMILES string of the molecule is O=C(O)CCC1CCCC1.O=C([O-])C1CCSC1.OCC1CCC1.OCCCC1CCCC1.[Li+]. The summed E-state index contributed by atoms with van der Waals surface area (Å²) in [6, 6.07) is 0. The van der Waals surface area contributed by atoms with Gasteiger partial charge in [-0.1, -0.05) is 57.8 Å². The number of carbonyl (C=O) groups is 2. The fourth-order valence-electron chi connectivity index (χ4n) is 4.70. The van der Waals surface area contributed by atoms with Crippen molar-refractivity contribution in [3.63, 3.8) is 0 Å². The van der Waals surface area contributed by atoms with Crippen molar-refractivity contribution in [1.29, 1.82) is 0 Å². The molecule has 0 bridgehead atoms. The van der Waals surface area contributed by atoms with Gasteiger partial charge in [0.05, 0.1) is 0 Å². The van der Waals surface area contributed by atoms with E-state index in [9.17, 15) is 14.7 Å². The van der Waals surface area contributed by atoms with Crippen LogP contribution in [0.5, 0.6) is 0 Å². The van der Waals surface area contributed by atoms with Crippen LogP contribution >= 0.6 is 11.8 Å². The van der Waals surface area contributed by atoms with Gasteiger partial charge in [-0.05, 0) is 62.0 Å². The molecular weight excluding hydrogens is 447 g/mol. The molecule has 0 radical (unpaired) electrons. The molecule has 8 heteroatoms. The van der Waals surface area contributed by atoms with Crippen LogP contribution in [-0.4, -0.2) is 52.0 Å². The second-order valence-corrected chi connectivity index (χ2v) is 11.1. The number of thioether (sulfide) groups is 1. The first-order chi connectivity index (χ1) is 16.0. The van der Waals surface area contributed by atoms with Gasteiger partial charge < -0.3 is 25.2 Å². The van der Waals surface area contributed by atoms with Crippen LogP contribution in [0.15, 0.2) is 0 Å². The average Bonchev–Trinajstić information content (AvgIpc) is 3.55. The van der Waals surface area contributed by atoms with Crippen molar-refractivity contribution in [3.05, 3.63) is 0 Å². The van der Waals surface area contributed by atoms with Gasteiger partial charge in [0.1, 0.15) is 0 Å². The van der Waals surface area contributed by atoms with E-state index in [1.54, 1.807) is 11.8 Å². The summed E-state index contributed by atoms with van der Waals surface area (Å²) in [5.74, 6) is 2.39. The van der Waals surface area contributed by atoms with Crippen LogP contribution in [-0.2, 0) is 9.59 Å². The molecule has 34 heavy (non-hydrogen) atoms. The molecule has 0 aromatic heterocycles. The maximum absolute atomic E-state index is 10.2. The molecule has 0 spiro atoms. The van der Waals surface area contributed by atoms with E-state index in [1.807, 2.05) is 0 Å². The second-order valence-electron chi connectivity index (χ2n) is 9.96. The summed E-state index contributed by atoms with van der Waals surface area (Å²) >= 11 is 1.69. The molecule has 3 aliphatic carbocycles. The third-order valence-electron chi connectivity index (χ3n) is 7.23. The van der Waals surface area contributed by atoms with Gasteiger partial charge in [-0.15, -0.1) is 0 Å². The van der Waals surface area contributed by atoms with Crippen LogP contribution in [0.1, 0.15) is 103 Å². The third kappa shape index (κ3) is 17.3. The van der Waals surface area contributed by atoms with Crippen molar-refractivity contribution >= 4 is 23.7 Å². The minimum absolute atomic E-state index is 0. The van der Waals surface area contributed by atoms with Crippen molar-refractivity contribution in [2.45, 2.75) is 103 Å². The Bertz CT molecular complexity index is 497. The molecule has 0 aromatic rings. The summed E-state index contributed by atoms with van der Waals surface area (Å²) in [4.78, 5) is 20.2. The van der Waals surface area contributed by atoms with E-state index in [1.165, 1.54) is 77.0 Å². The first-order valence-electron chi connectivity index (χ1n) is 13.2. The van der Waals surface area contributed by atoms with E-state index in [0.717, 1.165) is 42.6 Å². The molecule has 4 fully saturated rings. The van der Waals surface area contributed by atoms with Crippen molar-refractivity contribution in [2.24, 2.45) is 23.7 Å². The van der Waals surface area contributed by atoms with E-state index in [2.05, 4.69) is 0 Å². The van der Waals surface area contributed by atoms with E-state index < -0.39 is 11.9 Å². The summed E-state index contributed by atoms with van der Waals surface area (Å²) in [5.41, 5.74) is 0. The second kappa shape index (κ2) is 22.0. The van der Waals surface area contributed by atoms with E-state index in [-0.39, 0.29) is 24.8 Å². The zero-order valence-electron chi connectivity index (χ0n) is 21.4. The van der Waals surface area contributed by atoms with Crippen LogP contribution in [0.4, 0.5) is 0 Å². The molecule has 6 nitrogen and oxygen atoms in total. The van der Waals surface area contributed by atoms with Crippen LogP contribution in [0, 0.1) is 23.7 Å². The number of hydrogen-bond acceptors (Lipinski definition) is 6. The van der Waals surface area contributed by atoms with Gasteiger partial charge in [0.15, 0.2) is 0 Å². The van der Waals surface area contributed by atoms with Crippen molar-refractivity contribution in [1.82, 2.24) is 0 Å². The zero-order valence-corrected chi connectivity index (χ0v) is 22.2. The van der Waals surface area contributed by atoms with Gasteiger partial charge in [-0.2, -0.15) is 11.8 Å². The summed E-state index contributed by atoms with van der Waals surface area (Å²) in [7, 11) is 0. The molecule has 1 saturated heterocycles. The molecule has 194 valence electrons. The Kier molecular flexibility index (Phi) is 21.9. The van der Waals surface area contributed by atoms with Crippen LogP contribution in [0.2, 0.25) is 0 Å². The number of rotatable bonds is 8. The first kappa shape index (κ1) is 33.8.